The fourth-order valence-corrected chi connectivity index (χ4v) is 4.93. The van der Waals surface area contributed by atoms with Crippen LogP contribution in [-0.4, -0.2) is 48.3 Å². The molecule has 2 saturated heterocycles. The van der Waals surface area contributed by atoms with Crippen LogP contribution in [0, 0.1) is 11.5 Å². The van der Waals surface area contributed by atoms with Crippen molar-refractivity contribution in [2.24, 2.45) is 4.99 Å². The molecule has 2 aliphatic rings. The number of nitriles is 1. The fraction of sp³-hybridized carbons (Fsp3) is 0.481. The minimum absolute atomic E-state index is 0.0631. The number of ether oxygens (including phenoxy) is 2. The van der Waals surface area contributed by atoms with Gasteiger partial charge in [0.1, 0.15) is 17.6 Å². The van der Waals surface area contributed by atoms with Crippen LogP contribution in [0.3, 0.4) is 0 Å². The number of piperidine rings is 2. The molecule has 2 fully saturated rings. The first-order valence-electron chi connectivity index (χ1n) is 12.7. The molecule has 0 radical (unpaired) electrons. The van der Waals surface area contributed by atoms with Crippen molar-refractivity contribution in [3.05, 3.63) is 59.7 Å². The van der Waals surface area contributed by atoms with E-state index in [4.69, 9.17) is 14.7 Å². The number of nitrogens with zero attached hydrogens (tertiary/aromatic N) is 3. The number of rotatable bonds is 4. The minimum atomic E-state index is -4.47. The highest BCUT2D eigenvalue weighted by atomic mass is 32.2. The van der Waals surface area contributed by atoms with Crippen LogP contribution in [0.1, 0.15) is 43.2 Å². The zero-order valence-corrected chi connectivity index (χ0v) is 22.6. The summed E-state index contributed by atoms with van der Waals surface area (Å²) in [5, 5.41) is 12.4. The molecule has 0 spiro atoms. The molecular weight excluding hydrogens is 558 g/mol. The lowest BCUT2D eigenvalue weighted by molar-refractivity contribution is -0.140. The zero-order valence-electron chi connectivity index (χ0n) is 21.8. The van der Waals surface area contributed by atoms with Crippen molar-refractivity contribution in [3.63, 3.8) is 0 Å². The minimum Gasteiger partial charge on any atom is -0.490 e. The highest BCUT2D eigenvalue weighted by Crippen LogP contribution is 2.38. The van der Waals surface area contributed by atoms with Gasteiger partial charge in [0.25, 0.3) is 0 Å². The lowest BCUT2D eigenvalue weighted by atomic mass is 10.1. The van der Waals surface area contributed by atoms with Gasteiger partial charge in [-0.2, -0.15) is 31.6 Å². The molecule has 40 heavy (non-hydrogen) atoms. The predicted molar refractivity (Wildman–Crippen MR) is 141 cm³/mol. The Morgan fingerprint density at radius 1 is 0.900 bits per heavy atom. The van der Waals surface area contributed by atoms with Crippen LogP contribution in [0.25, 0.3) is 0 Å². The monoisotopic (exact) mass is 588 g/mol. The molecule has 1 atom stereocenters. The van der Waals surface area contributed by atoms with E-state index in [1.165, 1.54) is 42.1 Å². The average Bonchev–Trinajstić information content (AvgIpc) is 2.93. The molecule has 0 bridgehead atoms. The number of benzene rings is 2. The Balaban J connectivity index is 0.000000230. The normalized spacial score (nSPS) is 18.8. The lowest BCUT2D eigenvalue weighted by Gasteiger charge is -2.37. The standard InChI is InChI=1S/C15H16F3N3OS.C12H14F3NO/c1-23-14(20-10-19)21-9-5-4-8-13(21)22-12-7-3-2-6-11(12)15(16,17)18;13-12(14,15)10-3-1-2-4-11(10)17-9-5-7-16-8-6-9/h2-3,6-7,13H,4-5,8-9H2,1H3;1-4,9,16H,5-8H2. The van der Waals surface area contributed by atoms with Crippen molar-refractivity contribution in [1.29, 1.82) is 5.26 Å². The van der Waals surface area contributed by atoms with Gasteiger partial charge in [-0.05, 0) is 69.3 Å². The summed E-state index contributed by atoms with van der Waals surface area (Å²) in [5.74, 6) is -0.263. The Morgan fingerprint density at radius 2 is 1.45 bits per heavy atom. The third kappa shape index (κ3) is 8.96. The van der Waals surface area contributed by atoms with Gasteiger partial charge in [0.2, 0.25) is 6.19 Å². The van der Waals surface area contributed by atoms with Crippen molar-refractivity contribution in [1.82, 2.24) is 10.2 Å². The van der Waals surface area contributed by atoms with E-state index in [1.807, 2.05) is 0 Å². The number of aliphatic imine (C=N–C) groups is 1. The molecule has 4 rings (SSSR count). The number of amidine groups is 1. The van der Waals surface area contributed by atoms with E-state index in [1.54, 1.807) is 23.4 Å². The quantitative estimate of drug-likeness (QED) is 0.181. The number of likely N-dealkylation sites (tertiary alicyclic amines) is 1. The summed E-state index contributed by atoms with van der Waals surface area (Å²) < 4.78 is 88.5. The largest absolute Gasteiger partial charge is 0.490 e. The lowest BCUT2D eigenvalue weighted by Crippen LogP contribution is -2.46. The van der Waals surface area contributed by atoms with Crippen molar-refractivity contribution < 1.29 is 35.8 Å². The number of alkyl halides is 6. The van der Waals surface area contributed by atoms with Gasteiger partial charge < -0.3 is 19.7 Å². The number of halogens is 6. The second-order valence-electron chi connectivity index (χ2n) is 9.02. The summed E-state index contributed by atoms with van der Waals surface area (Å²) in [6.45, 7) is 2.18. The van der Waals surface area contributed by atoms with Crippen LogP contribution >= 0.6 is 11.8 Å². The van der Waals surface area contributed by atoms with E-state index in [-0.39, 0.29) is 17.6 Å². The molecule has 0 aromatic heterocycles. The molecular formula is C27H30F6N4O2S. The molecule has 2 aliphatic heterocycles. The summed E-state index contributed by atoms with van der Waals surface area (Å²) in [7, 11) is 0. The van der Waals surface area contributed by atoms with Crippen molar-refractivity contribution in [3.8, 4) is 17.7 Å². The van der Waals surface area contributed by atoms with Gasteiger partial charge in [-0.25, -0.2) is 0 Å². The molecule has 13 heteroatoms. The van der Waals surface area contributed by atoms with Crippen molar-refractivity contribution in [2.45, 2.75) is 56.8 Å². The van der Waals surface area contributed by atoms with Gasteiger partial charge in [0, 0.05) is 13.0 Å². The van der Waals surface area contributed by atoms with Gasteiger partial charge in [-0.15, -0.1) is 4.99 Å². The summed E-state index contributed by atoms with van der Waals surface area (Å²) in [4.78, 5) is 5.49. The molecule has 2 aromatic carbocycles. The Morgan fingerprint density at radius 3 is 1.98 bits per heavy atom. The molecule has 0 aliphatic carbocycles. The second-order valence-corrected chi connectivity index (χ2v) is 9.79. The van der Waals surface area contributed by atoms with Gasteiger partial charge in [-0.1, -0.05) is 36.0 Å². The van der Waals surface area contributed by atoms with E-state index in [2.05, 4.69) is 10.3 Å². The zero-order chi connectivity index (χ0) is 29.2. The predicted octanol–water partition coefficient (Wildman–Crippen LogP) is 6.93. The smallest absolute Gasteiger partial charge is 0.419 e. The first kappa shape index (κ1) is 31.4. The van der Waals surface area contributed by atoms with E-state index < -0.39 is 29.7 Å². The molecule has 0 saturated carbocycles. The van der Waals surface area contributed by atoms with E-state index in [0.717, 1.165) is 50.9 Å². The fourth-order valence-electron chi connectivity index (χ4n) is 4.36. The van der Waals surface area contributed by atoms with E-state index in [0.29, 0.717) is 18.1 Å². The Hall–Kier alpha value is -3.11. The molecule has 0 amide bonds. The summed E-state index contributed by atoms with van der Waals surface area (Å²) in [5.41, 5.74) is -1.49. The van der Waals surface area contributed by atoms with E-state index in [9.17, 15) is 26.3 Å². The first-order valence-corrected chi connectivity index (χ1v) is 13.9. The Labute approximate surface area is 233 Å². The second kappa shape index (κ2) is 14.5. The van der Waals surface area contributed by atoms with Gasteiger partial charge in [0.15, 0.2) is 11.4 Å². The highest BCUT2D eigenvalue weighted by molar-refractivity contribution is 8.13. The molecule has 6 nitrogen and oxygen atoms in total. The van der Waals surface area contributed by atoms with Gasteiger partial charge >= 0.3 is 12.4 Å². The maximum atomic E-state index is 13.1. The highest BCUT2D eigenvalue weighted by Gasteiger charge is 2.36. The topological polar surface area (TPSA) is 69.9 Å². The number of nitrogens with one attached hydrogen (secondary N) is 1. The summed E-state index contributed by atoms with van der Waals surface area (Å²) in [6, 6.07) is 10.5. The van der Waals surface area contributed by atoms with Gasteiger partial charge in [-0.3, -0.25) is 0 Å². The summed E-state index contributed by atoms with van der Waals surface area (Å²) in [6.07, 6.45) is -2.23. The first-order chi connectivity index (χ1) is 19.0. The SMILES string of the molecule is CSC(=NC#N)N1CCCCC1Oc1ccccc1C(F)(F)F.FC(F)(F)c1ccccc1OC1CCNCC1. The Kier molecular flexibility index (Phi) is 11.4. The number of hydrogen-bond donors (Lipinski definition) is 1. The average molecular weight is 589 g/mol. The number of para-hydroxylation sites is 2. The maximum absolute atomic E-state index is 13.1. The van der Waals surface area contributed by atoms with Gasteiger partial charge in [0.05, 0.1) is 11.1 Å². The maximum Gasteiger partial charge on any atom is 0.419 e. The van der Waals surface area contributed by atoms with Crippen LogP contribution in [0.15, 0.2) is 53.5 Å². The van der Waals surface area contributed by atoms with Crippen LogP contribution in [-0.2, 0) is 12.4 Å². The third-order valence-corrected chi connectivity index (χ3v) is 6.94. The number of hydrogen-bond acceptors (Lipinski definition) is 6. The molecule has 2 aromatic rings. The van der Waals surface area contributed by atoms with Crippen LogP contribution in [0.5, 0.6) is 11.5 Å². The van der Waals surface area contributed by atoms with Crippen molar-refractivity contribution in [2.75, 3.05) is 25.9 Å². The van der Waals surface area contributed by atoms with Crippen LogP contribution < -0.4 is 14.8 Å². The molecule has 2 heterocycles. The molecule has 1 unspecified atom stereocenters. The number of thioether (sulfide) groups is 1. The molecule has 218 valence electrons. The molecule has 1 N–H and O–H groups in total. The van der Waals surface area contributed by atoms with Crippen molar-refractivity contribution >= 4 is 16.9 Å². The Bertz CT molecular complexity index is 1160. The third-order valence-electron chi connectivity index (χ3n) is 6.25. The van der Waals surface area contributed by atoms with Crippen LogP contribution in [0.4, 0.5) is 26.3 Å². The van der Waals surface area contributed by atoms with Crippen LogP contribution in [0.2, 0.25) is 0 Å². The van der Waals surface area contributed by atoms with E-state index >= 15 is 0 Å². The summed E-state index contributed by atoms with van der Waals surface area (Å²) >= 11 is 1.28.